The van der Waals surface area contributed by atoms with Gasteiger partial charge < -0.3 is 14.6 Å². The molecule has 0 N–H and O–H groups in total. The molecule has 124 valence electrons. The van der Waals surface area contributed by atoms with E-state index < -0.39 is 0 Å². The van der Waals surface area contributed by atoms with E-state index in [0.29, 0.717) is 24.0 Å². The fraction of sp³-hybridized carbons (Fsp3) is 0.529. The van der Waals surface area contributed by atoms with Crippen LogP contribution in [0, 0.1) is 12.3 Å². The molecule has 0 radical (unpaired) electrons. The van der Waals surface area contributed by atoms with E-state index in [0.717, 1.165) is 32.2 Å². The van der Waals surface area contributed by atoms with Crippen LogP contribution in [0.5, 0.6) is 0 Å². The third kappa shape index (κ3) is 5.37. The van der Waals surface area contributed by atoms with Crippen molar-refractivity contribution in [3.8, 4) is 12.3 Å². The van der Waals surface area contributed by atoms with Gasteiger partial charge in [0, 0.05) is 19.3 Å². The first-order valence-corrected chi connectivity index (χ1v) is 7.98. The lowest BCUT2D eigenvalue weighted by Gasteiger charge is -2.23. The molecule has 0 bridgehead atoms. The van der Waals surface area contributed by atoms with Crippen molar-refractivity contribution in [3.63, 3.8) is 0 Å². The van der Waals surface area contributed by atoms with E-state index >= 15 is 0 Å². The van der Waals surface area contributed by atoms with Crippen molar-refractivity contribution >= 4 is 30.0 Å². The molecule has 0 saturated carbocycles. The number of aromatic nitrogens is 2. The molecule has 0 aliphatic heterocycles. The summed E-state index contributed by atoms with van der Waals surface area (Å²) in [7, 11) is 0. The highest BCUT2D eigenvalue weighted by Crippen LogP contribution is 2.27. The second-order valence-corrected chi connectivity index (χ2v) is 4.90. The summed E-state index contributed by atoms with van der Waals surface area (Å²) in [5.41, 5.74) is 0.679. The summed E-state index contributed by atoms with van der Waals surface area (Å²) in [5, 5.41) is 0. The Morgan fingerprint density at radius 1 is 1.30 bits per heavy atom. The third-order valence-corrected chi connectivity index (χ3v) is 3.33. The molecule has 0 atom stereocenters. The van der Waals surface area contributed by atoms with Gasteiger partial charge in [-0.25, -0.2) is 9.98 Å². The van der Waals surface area contributed by atoms with E-state index in [9.17, 15) is 4.79 Å². The minimum absolute atomic E-state index is 0.189. The van der Waals surface area contributed by atoms with Gasteiger partial charge in [0.2, 0.25) is 5.95 Å². The average Bonchev–Trinajstić information content (AvgIpc) is 2.56. The molecule has 6 heteroatoms. The number of terminal acetylenes is 1. The molecule has 0 fully saturated rings. The van der Waals surface area contributed by atoms with E-state index in [1.807, 2.05) is 11.1 Å². The second-order valence-electron chi connectivity index (χ2n) is 4.90. The maximum Gasteiger partial charge on any atom is 0.227 e. The monoisotopic (exact) mass is 315 g/mol. The van der Waals surface area contributed by atoms with Gasteiger partial charge in [0.25, 0.3) is 0 Å². The Morgan fingerprint density at radius 3 is 2.61 bits per heavy atom. The Balaban J connectivity index is 3.26. The van der Waals surface area contributed by atoms with E-state index in [1.54, 1.807) is 11.1 Å². The zero-order chi connectivity index (χ0) is 17.1. The number of carbonyl (C=O) groups is 1. The number of hydrogen-bond donors (Lipinski definition) is 0. The summed E-state index contributed by atoms with van der Waals surface area (Å²) in [5.74, 6) is 3.74. The van der Waals surface area contributed by atoms with Crippen molar-refractivity contribution in [1.29, 1.82) is 0 Å². The first-order valence-electron chi connectivity index (χ1n) is 7.98. The first kappa shape index (κ1) is 18.6. The van der Waals surface area contributed by atoms with Gasteiger partial charge in [0.1, 0.15) is 12.0 Å². The number of nitrogens with zero attached hydrogens (tertiary/aromatic N) is 5. The lowest BCUT2D eigenvalue weighted by atomic mass is 10.3. The molecule has 1 heterocycles. The Hall–Kier alpha value is -2.42. The molecule has 23 heavy (non-hydrogen) atoms. The van der Waals surface area contributed by atoms with E-state index in [2.05, 4.69) is 41.7 Å². The van der Waals surface area contributed by atoms with E-state index in [4.69, 9.17) is 6.42 Å². The fourth-order valence-corrected chi connectivity index (χ4v) is 2.06. The number of rotatable bonds is 10. The summed E-state index contributed by atoms with van der Waals surface area (Å²) >= 11 is 0. The van der Waals surface area contributed by atoms with Crippen LogP contribution in [0.2, 0.25) is 0 Å². The van der Waals surface area contributed by atoms with Crippen LogP contribution in [-0.4, -0.2) is 48.6 Å². The number of aliphatic imine (C=N–C) groups is 1. The van der Waals surface area contributed by atoms with Crippen molar-refractivity contribution in [2.75, 3.05) is 36.0 Å². The molecule has 1 rings (SSSR count). The van der Waals surface area contributed by atoms with Crippen molar-refractivity contribution in [2.24, 2.45) is 4.99 Å². The molecule has 1 aromatic heterocycles. The normalized spacial score (nSPS) is 10.5. The maximum absolute atomic E-state index is 10.9. The van der Waals surface area contributed by atoms with Crippen molar-refractivity contribution in [2.45, 2.75) is 33.6 Å². The van der Waals surface area contributed by atoms with Crippen LogP contribution in [0.25, 0.3) is 0 Å². The number of hydrogen-bond acceptors (Lipinski definition) is 6. The van der Waals surface area contributed by atoms with Crippen LogP contribution in [0.4, 0.5) is 17.5 Å². The molecule has 0 aliphatic carbocycles. The first-order chi connectivity index (χ1) is 11.2. The van der Waals surface area contributed by atoms with Crippen LogP contribution < -0.4 is 9.80 Å². The molecule has 0 spiro atoms. The maximum atomic E-state index is 10.9. The number of aldehydes is 1. The molecule has 1 aromatic rings. The minimum Gasteiger partial charge on any atom is -0.349 e. The topological polar surface area (TPSA) is 61.7 Å². The van der Waals surface area contributed by atoms with Crippen molar-refractivity contribution < 1.29 is 4.79 Å². The third-order valence-electron chi connectivity index (χ3n) is 3.33. The molecule has 6 nitrogen and oxygen atoms in total. The summed E-state index contributed by atoms with van der Waals surface area (Å²) in [4.78, 5) is 28.1. The highest BCUT2D eigenvalue weighted by Gasteiger charge is 2.15. The van der Waals surface area contributed by atoms with Gasteiger partial charge in [0.15, 0.2) is 5.82 Å². The van der Waals surface area contributed by atoms with Gasteiger partial charge in [-0.3, -0.25) is 0 Å². The van der Waals surface area contributed by atoms with Crippen LogP contribution in [0.1, 0.15) is 33.6 Å². The van der Waals surface area contributed by atoms with E-state index in [-0.39, 0.29) is 6.54 Å². The Bertz CT molecular complexity index is 561. The quantitative estimate of drug-likeness (QED) is 0.377. The lowest BCUT2D eigenvalue weighted by Crippen LogP contribution is -2.27. The Labute approximate surface area is 138 Å². The highest BCUT2D eigenvalue weighted by molar-refractivity contribution is 5.73. The standard InChI is InChI=1S/C17H25N5O/c1-5-9-10-18-16-15(22(11-6-2)12-13-23)14-19-17(20-16)21(7-3)8-4/h2,10,13-14H,5,7-9,11-12H2,1,3-4H3. The lowest BCUT2D eigenvalue weighted by molar-refractivity contribution is -0.106. The number of anilines is 2. The number of unbranched alkanes of at least 4 members (excludes halogenated alkanes) is 1. The van der Waals surface area contributed by atoms with Gasteiger partial charge in [-0.1, -0.05) is 19.3 Å². The number of carbonyl (C=O) groups excluding carboxylic acids is 1. The summed E-state index contributed by atoms with van der Waals surface area (Å²) < 4.78 is 0. The molecule has 0 amide bonds. The van der Waals surface area contributed by atoms with Gasteiger partial charge in [-0.15, -0.1) is 6.42 Å². The van der Waals surface area contributed by atoms with Crippen LogP contribution in [0.3, 0.4) is 0 Å². The van der Waals surface area contributed by atoms with Gasteiger partial charge in [0.05, 0.1) is 19.3 Å². The van der Waals surface area contributed by atoms with E-state index in [1.165, 1.54) is 0 Å². The Morgan fingerprint density at radius 2 is 2.04 bits per heavy atom. The minimum atomic E-state index is 0.189. The molecular formula is C17H25N5O. The largest absolute Gasteiger partial charge is 0.349 e. The van der Waals surface area contributed by atoms with Crippen LogP contribution in [0.15, 0.2) is 11.2 Å². The van der Waals surface area contributed by atoms with Crippen molar-refractivity contribution in [1.82, 2.24) is 9.97 Å². The average molecular weight is 315 g/mol. The van der Waals surface area contributed by atoms with Gasteiger partial charge in [-0.2, -0.15) is 4.98 Å². The molecule has 0 aliphatic rings. The zero-order valence-corrected chi connectivity index (χ0v) is 14.2. The molecule has 0 aromatic carbocycles. The highest BCUT2D eigenvalue weighted by atomic mass is 16.1. The van der Waals surface area contributed by atoms with Crippen LogP contribution in [-0.2, 0) is 4.79 Å². The predicted molar refractivity (Wildman–Crippen MR) is 95.8 cm³/mol. The summed E-state index contributed by atoms with van der Waals surface area (Å²) in [6.07, 6.45) is 11.6. The molecular weight excluding hydrogens is 290 g/mol. The fourth-order valence-electron chi connectivity index (χ4n) is 2.06. The summed E-state index contributed by atoms with van der Waals surface area (Å²) in [6.45, 7) is 8.32. The predicted octanol–water partition coefficient (Wildman–Crippen LogP) is 2.46. The van der Waals surface area contributed by atoms with Crippen molar-refractivity contribution in [3.05, 3.63) is 6.20 Å². The molecule has 0 saturated heterocycles. The zero-order valence-electron chi connectivity index (χ0n) is 14.2. The summed E-state index contributed by atoms with van der Waals surface area (Å²) in [6, 6.07) is 0. The SMILES string of the molecule is C#CCN(CC=O)c1cnc(N(CC)CC)nc1N=CCCC. The van der Waals surface area contributed by atoms with Gasteiger partial charge >= 0.3 is 0 Å². The van der Waals surface area contributed by atoms with Crippen LogP contribution >= 0.6 is 0 Å². The molecule has 0 unspecified atom stereocenters. The Kier molecular flexibility index (Phi) is 8.37. The second kappa shape index (κ2) is 10.3. The van der Waals surface area contributed by atoms with Gasteiger partial charge in [-0.05, 0) is 20.3 Å². The smallest absolute Gasteiger partial charge is 0.227 e.